The Morgan fingerprint density at radius 3 is 2.59 bits per heavy atom. The number of aromatic nitrogens is 1. The van der Waals surface area contributed by atoms with E-state index in [0.29, 0.717) is 5.57 Å². The number of nitrogens with one attached hydrogen (secondary N) is 2. The van der Waals surface area contributed by atoms with Gasteiger partial charge in [0.2, 0.25) is 0 Å². The molecule has 0 spiro atoms. The third kappa shape index (κ3) is 5.13. The summed E-state index contributed by atoms with van der Waals surface area (Å²) in [5.74, 6) is -0.330. The molecular weight excluding hydrogens is 465 g/mol. The molecule has 1 saturated heterocycles. The summed E-state index contributed by atoms with van der Waals surface area (Å²) >= 11 is 0. The topological polar surface area (TPSA) is 57.4 Å². The van der Waals surface area contributed by atoms with Gasteiger partial charge in [-0.3, -0.25) is 9.69 Å². The molecule has 37 heavy (non-hydrogen) atoms. The molecule has 5 nitrogen and oxygen atoms in total. The lowest BCUT2D eigenvalue weighted by atomic mass is 9.97. The molecule has 2 aliphatic heterocycles. The normalized spacial score (nSPS) is 18.9. The van der Waals surface area contributed by atoms with E-state index >= 15 is 0 Å². The van der Waals surface area contributed by atoms with Gasteiger partial charge in [-0.1, -0.05) is 30.7 Å². The Morgan fingerprint density at radius 1 is 0.973 bits per heavy atom. The molecule has 2 N–H and O–H groups in total. The largest absolute Gasteiger partial charge is 0.379 e. The molecule has 1 aromatic heterocycles. The maximum atomic E-state index is 13.4. The lowest BCUT2D eigenvalue weighted by Gasteiger charge is -2.26. The number of aryl methyl sites for hydroxylation is 1. The minimum atomic E-state index is -0.256. The highest BCUT2D eigenvalue weighted by Crippen LogP contribution is 2.38. The fourth-order valence-corrected chi connectivity index (χ4v) is 5.97. The molecule has 0 saturated carbocycles. The van der Waals surface area contributed by atoms with E-state index in [-0.39, 0.29) is 11.7 Å². The van der Waals surface area contributed by atoms with Crippen molar-refractivity contribution in [3.8, 4) is 11.1 Å². The van der Waals surface area contributed by atoms with Gasteiger partial charge < -0.3 is 15.0 Å². The summed E-state index contributed by atoms with van der Waals surface area (Å²) < 4.78 is 18.9. The number of benzene rings is 2. The highest BCUT2D eigenvalue weighted by molar-refractivity contribution is 6.35. The molecule has 6 heteroatoms. The first-order chi connectivity index (χ1) is 18.2. The van der Waals surface area contributed by atoms with E-state index in [0.717, 1.165) is 86.6 Å². The molecular formula is C31H34FN3O2. The van der Waals surface area contributed by atoms with E-state index in [1.807, 2.05) is 18.2 Å². The van der Waals surface area contributed by atoms with Gasteiger partial charge >= 0.3 is 0 Å². The Balaban J connectivity index is 1.29. The SMILES string of the molecule is O=C1Nc2cc(-c3ccc(F)cc3)ccc2/C1=C/c1[nH]c2c(c1CCCN1CCOCC1)CCCCC2. The van der Waals surface area contributed by atoms with Crippen molar-refractivity contribution in [2.75, 3.05) is 38.2 Å². The Labute approximate surface area is 217 Å². The molecule has 1 aliphatic carbocycles. The van der Waals surface area contributed by atoms with Crippen LogP contribution in [0.1, 0.15) is 53.8 Å². The number of nitrogens with zero attached hydrogens (tertiary/aromatic N) is 1. The molecule has 0 radical (unpaired) electrons. The molecule has 1 fully saturated rings. The molecule has 3 heterocycles. The first kappa shape index (κ1) is 24.1. The van der Waals surface area contributed by atoms with Crippen LogP contribution in [0.25, 0.3) is 22.8 Å². The average Bonchev–Trinajstić information content (AvgIpc) is 3.29. The predicted molar refractivity (Wildman–Crippen MR) is 146 cm³/mol. The van der Waals surface area contributed by atoms with Crippen LogP contribution in [-0.4, -0.2) is 48.6 Å². The number of amides is 1. The van der Waals surface area contributed by atoms with Crippen LogP contribution in [0.15, 0.2) is 42.5 Å². The number of hydrogen-bond acceptors (Lipinski definition) is 3. The molecule has 0 unspecified atom stereocenters. The number of morpholine rings is 1. The molecule has 192 valence electrons. The minimum Gasteiger partial charge on any atom is -0.379 e. The van der Waals surface area contributed by atoms with Gasteiger partial charge in [-0.05, 0) is 91.6 Å². The molecule has 2 aromatic carbocycles. The van der Waals surface area contributed by atoms with E-state index in [9.17, 15) is 9.18 Å². The van der Waals surface area contributed by atoms with Crippen LogP contribution >= 0.6 is 0 Å². The molecule has 0 atom stereocenters. The van der Waals surface area contributed by atoms with Gasteiger partial charge in [0.1, 0.15) is 5.82 Å². The number of halogens is 1. The first-order valence-corrected chi connectivity index (χ1v) is 13.6. The molecule has 6 rings (SSSR count). The van der Waals surface area contributed by atoms with E-state index in [1.165, 1.54) is 48.2 Å². The summed E-state index contributed by atoms with van der Waals surface area (Å²) in [5, 5.41) is 3.05. The van der Waals surface area contributed by atoms with Crippen LogP contribution in [0.4, 0.5) is 10.1 Å². The summed E-state index contributed by atoms with van der Waals surface area (Å²) in [6, 6.07) is 12.4. The third-order valence-electron chi connectivity index (χ3n) is 7.97. The van der Waals surface area contributed by atoms with E-state index in [1.54, 1.807) is 12.1 Å². The fraction of sp³-hybridized carbons (Fsp3) is 0.387. The maximum absolute atomic E-state index is 13.4. The number of carbonyl (C=O) groups is 1. The van der Waals surface area contributed by atoms with Gasteiger partial charge in [0.05, 0.1) is 18.8 Å². The third-order valence-corrected chi connectivity index (χ3v) is 7.97. The molecule has 0 bridgehead atoms. The van der Waals surface area contributed by atoms with Crippen molar-refractivity contribution in [3.05, 3.63) is 76.4 Å². The van der Waals surface area contributed by atoms with Crippen LogP contribution in [-0.2, 0) is 28.8 Å². The van der Waals surface area contributed by atoms with Crippen molar-refractivity contribution in [1.82, 2.24) is 9.88 Å². The number of fused-ring (bicyclic) bond motifs is 2. The summed E-state index contributed by atoms with van der Waals surface area (Å²) in [6.07, 6.45) is 10.1. The number of aromatic amines is 1. The number of anilines is 1. The van der Waals surface area contributed by atoms with Crippen molar-refractivity contribution in [2.45, 2.75) is 44.9 Å². The smallest absolute Gasteiger partial charge is 0.256 e. The fourth-order valence-electron chi connectivity index (χ4n) is 5.97. The first-order valence-electron chi connectivity index (χ1n) is 13.6. The summed E-state index contributed by atoms with van der Waals surface area (Å²) in [4.78, 5) is 19.3. The standard InChI is InChI=1S/C31H34FN3O2/c32-23-11-8-21(9-12-23)22-10-13-26-27(31(36)34-29(26)19-22)20-30-25(6-4-14-35-15-17-37-18-16-35)24-5-2-1-3-7-28(24)33-30/h8-13,19-20,33H,1-7,14-18H2,(H,34,36)/b27-20-. The van der Waals surface area contributed by atoms with Gasteiger partial charge in [0, 0.05) is 35.7 Å². The highest BCUT2D eigenvalue weighted by atomic mass is 19.1. The Bertz CT molecular complexity index is 1320. The Kier molecular flexibility index (Phi) is 6.94. The van der Waals surface area contributed by atoms with Gasteiger partial charge in [-0.15, -0.1) is 0 Å². The van der Waals surface area contributed by atoms with Gasteiger partial charge in [-0.2, -0.15) is 0 Å². The average molecular weight is 500 g/mol. The second-order valence-corrected chi connectivity index (χ2v) is 10.4. The van der Waals surface area contributed by atoms with Crippen molar-refractivity contribution in [3.63, 3.8) is 0 Å². The number of H-pyrrole nitrogens is 1. The summed E-state index contributed by atoms with van der Waals surface area (Å²) in [5.41, 5.74) is 9.62. The monoisotopic (exact) mass is 499 g/mol. The number of rotatable bonds is 6. The van der Waals surface area contributed by atoms with Crippen molar-refractivity contribution >= 4 is 23.2 Å². The summed E-state index contributed by atoms with van der Waals surface area (Å²) in [7, 11) is 0. The van der Waals surface area contributed by atoms with Crippen molar-refractivity contribution in [2.24, 2.45) is 0 Å². The van der Waals surface area contributed by atoms with Crippen LogP contribution < -0.4 is 5.32 Å². The quantitative estimate of drug-likeness (QED) is 0.331. The van der Waals surface area contributed by atoms with Crippen LogP contribution in [0, 0.1) is 5.82 Å². The van der Waals surface area contributed by atoms with Crippen molar-refractivity contribution < 1.29 is 13.9 Å². The zero-order valence-corrected chi connectivity index (χ0v) is 21.2. The second-order valence-electron chi connectivity index (χ2n) is 10.4. The summed E-state index contributed by atoms with van der Waals surface area (Å²) in [6.45, 7) is 4.76. The van der Waals surface area contributed by atoms with Gasteiger partial charge in [0.25, 0.3) is 5.91 Å². The number of ether oxygens (including phenoxy) is 1. The second kappa shape index (κ2) is 10.6. The maximum Gasteiger partial charge on any atom is 0.256 e. The lowest BCUT2D eigenvalue weighted by molar-refractivity contribution is -0.110. The Hall–Kier alpha value is -3.22. The number of carbonyl (C=O) groups excluding carboxylic acids is 1. The zero-order valence-electron chi connectivity index (χ0n) is 21.2. The Morgan fingerprint density at radius 2 is 1.76 bits per heavy atom. The molecule has 3 aromatic rings. The lowest BCUT2D eigenvalue weighted by Crippen LogP contribution is -2.37. The zero-order chi connectivity index (χ0) is 25.2. The molecule has 1 amide bonds. The van der Waals surface area contributed by atoms with E-state index in [4.69, 9.17) is 4.74 Å². The van der Waals surface area contributed by atoms with Crippen LogP contribution in [0.5, 0.6) is 0 Å². The van der Waals surface area contributed by atoms with Gasteiger partial charge in [-0.25, -0.2) is 4.39 Å². The van der Waals surface area contributed by atoms with Crippen molar-refractivity contribution in [1.29, 1.82) is 0 Å². The van der Waals surface area contributed by atoms with E-state index < -0.39 is 0 Å². The van der Waals surface area contributed by atoms with E-state index in [2.05, 4.69) is 21.3 Å². The number of hydrogen-bond donors (Lipinski definition) is 2. The predicted octanol–water partition coefficient (Wildman–Crippen LogP) is 5.85. The highest BCUT2D eigenvalue weighted by Gasteiger charge is 2.26. The minimum absolute atomic E-state index is 0.0738. The van der Waals surface area contributed by atoms with Crippen LogP contribution in [0.3, 0.4) is 0 Å². The van der Waals surface area contributed by atoms with Crippen LogP contribution in [0.2, 0.25) is 0 Å². The van der Waals surface area contributed by atoms with Gasteiger partial charge in [0.15, 0.2) is 0 Å². The molecule has 3 aliphatic rings.